The van der Waals surface area contributed by atoms with Gasteiger partial charge in [0, 0.05) is 63.2 Å². The maximum absolute atomic E-state index is 13.3. The Labute approximate surface area is 199 Å². The van der Waals surface area contributed by atoms with Crippen molar-refractivity contribution in [2.45, 2.75) is 46.0 Å². The van der Waals surface area contributed by atoms with E-state index in [-0.39, 0.29) is 17.7 Å². The van der Waals surface area contributed by atoms with Crippen LogP contribution in [0.4, 0.5) is 0 Å². The molecule has 2 amide bonds. The number of carbonyl (C=O) groups is 2. The van der Waals surface area contributed by atoms with Gasteiger partial charge in [-0.05, 0) is 18.9 Å². The van der Waals surface area contributed by atoms with Crippen molar-refractivity contribution in [3.63, 3.8) is 0 Å². The molecule has 1 saturated heterocycles. The van der Waals surface area contributed by atoms with Gasteiger partial charge in [0.05, 0.1) is 7.11 Å². The Morgan fingerprint density at radius 3 is 2.45 bits per heavy atom. The lowest BCUT2D eigenvalue weighted by Gasteiger charge is -2.37. The second-order valence-electron chi connectivity index (χ2n) is 9.59. The normalized spacial score (nSPS) is 18.1. The third kappa shape index (κ3) is 7.32. The molecule has 1 heterocycles. The first-order chi connectivity index (χ1) is 16.0. The van der Waals surface area contributed by atoms with Crippen LogP contribution in [0.25, 0.3) is 6.08 Å². The zero-order valence-corrected chi connectivity index (χ0v) is 20.7. The minimum atomic E-state index is 0.0511. The summed E-state index contributed by atoms with van der Waals surface area (Å²) in [4.78, 5) is 32.0. The molecule has 0 radical (unpaired) electrons. The second kappa shape index (κ2) is 12.8. The Morgan fingerprint density at radius 1 is 1.09 bits per heavy atom. The van der Waals surface area contributed by atoms with Gasteiger partial charge in [-0.2, -0.15) is 0 Å². The first-order valence-corrected chi connectivity index (χ1v) is 12.6. The maximum Gasteiger partial charge on any atom is 0.226 e. The summed E-state index contributed by atoms with van der Waals surface area (Å²) >= 11 is 0. The van der Waals surface area contributed by atoms with Crippen molar-refractivity contribution >= 4 is 17.9 Å². The molecule has 0 atom stereocenters. The highest BCUT2D eigenvalue weighted by Gasteiger charge is 2.27. The molecular formula is C27H41N3O3. The molecule has 0 unspecified atom stereocenters. The van der Waals surface area contributed by atoms with Crippen molar-refractivity contribution in [3.05, 3.63) is 35.9 Å². The van der Waals surface area contributed by atoms with Gasteiger partial charge in [-0.25, -0.2) is 0 Å². The highest BCUT2D eigenvalue weighted by molar-refractivity contribution is 5.79. The van der Waals surface area contributed by atoms with Crippen molar-refractivity contribution in [3.8, 4) is 5.75 Å². The van der Waals surface area contributed by atoms with E-state index in [4.69, 9.17) is 4.74 Å². The van der Waals surface area contributed by atoms with E-state index in [1.54, 1.807) is 7.11 Å². The van der Waals surface area contributed by atoms with Crippen LogP contribution in [-0.4, -0.2) is 79.4 Å². The van der Waals surface area contributed by atoms with Gasteiger partial charge in [-0.3, -0.25) is 14.5 Å². The van der Waals surface area contributed by atoms with E-state index >= 15 is 0 Å². The van der Waals surface area contributed by atoms with Crippen molar-refractivity contribution in [2.75, 3.05) is 52.9 Å². The number of carbonyl (C=O) groups excluding carboxylic acids is 2. The highest BCUT2D eigenvalue weighted by atomic mass is 16.5. The number of hydrogen-bond donors (Lipinski definition) is 0. The summed E-state index contributed by atoms with van der Waals surface area (Å²) in [5.41, 5.74) is 1.02. The molecule has 2 aliphatic rings. The molecule has 0 spiro atoms. The SMILES string of the molecule is COc1ccccc1/C=C/CN(CCN1CCN(C(=O)C(C)C)CC1)C(=O)C1CCCCC1. The van der Waals surface area contributed by atoms with Gasteiger partial charge in [-0.1, -0.05) is 63.5 Å². The summed E-state index contributed by atoms with van der Waals surface area (Å²) in [5.74, 6) is 1.60. The smallest absolute Gasteiger partial charge is 0.226 e. The zero-order valence-electron chi connectivity index (χ0n) is 20.7. The summed E-state index contributed by atoms with van der Waals surface area (Å²) in [5, 5.41) is 0. The van der Waals surface area contributed by atoms with Crippen LogP contribution in [0.2, 0.25) is 0 Å². The van der Waals surface area contributed by atoms with Crippen LogP contribution in [0.3, 0.4) is 0 Å². The lowest BCUT2D eigenvalue weighted by Crippen LogP contribution is -2.51. The van der Waals surface area contributed by atoms with Gasteiger partial charge in [0.15, 0.2) is 0 Å². The van der Waals surface area contributed by atoms with E-state index in [9.17, 15) is 9.59 Å². The first-order valence-electron chi connectivity index (χ1n) is 12.6. The van der Waals surface area contributed by atoms with Gasteiger partial charge in [-0.15, -0.1) is 0 Å². The minimum Gasteiger partial charge on any atom is -0.496 e. The fourth-order valence-electron chi connectivity index (χ4n) is 4.83. The van der Waals surface area contributed by atoms with Crippen LogP contribution in [-0.2, 0) is 9.59 Å². The predicted molar refractivity (Wildman–Crippen MR) is 133 cm³/mol. The molecule has 1 aromatic carbocycles. The highest BCUT2D eigenvalue weighted by Crippen LogP contribution is 2.26. The number of benzene rings is 1. The number of para-hydroxylation sites is 1. The Hall–Kier alpha value is -2.34. The predicted octanol–water partition coefficient (Wildman–Crippen LogP) is 3.92. The van der Waals surface area contributed by atoms with Crippen molar-refractivity contribution in [1.82, 2.24) is 14.7 Å². The Balaban J connectivity index is 1.58. The monoisotopic (exact) mass is 455 g/mol. The molecule has 0 N–H and O–H groups in total. The van der Waals surface area contributed by atoms with Crippen LogP contribution in [0.15, 0.2) is 30.3 Å². The Bertz CT molecular complexity index is 794. The number of methoxy groups -OCH3 is 1. The average molecular weight is 456 g/mol. The molecule has 2 fully saturated rings. The third-order valence-corrected chi connectivity index (χ3v) is 6.89. The van der Waals surface area contributed by atoms with Crippen LogP contribution in [0.5, 0.6) is 5.75 Å². The van der Waals surface area contributed by atoms with E-state index in [0.717, 1.165) is 76.3 Å². The summed E-state index contributed by atoms with van der Waals surface area (Å²) in [6.45, 7) is 9.42. The molecular weight excluding hydrogens is 414 g/mol. The molecule has 0 aromatic heterocycles. The molecule has 182 valence electrons. The molecule has 0 bridgehead atoms. The van der Waals surface area contributed by atoms with Gasteiger partial charge in [0.25, 0.3) is 0 Å². The lowest BCUT2D eigenvalue weighted by atomic mass is 9.88. The van der Waals surface area contributed by atoms with Crippen LogP contribution < -0.4 is 4.74 Å². The van der Waals surface area contributed by atoms with Crippen molar-refractivity contribution in [2.24, 2.45) is 11.8 Å². The fourth-order valence-corrected chi connectivity index (χ4v) is 4.83. The van der Waals surface area contributed by atoms with E-state index < -0.39 is 0 Å². The second-order valence-corrected chi connectivity index (χ2v) is 9.59. The number of nitrogens with zero attached hydrogens (tertiary/aromatic N) is 3. The summed E-state index contributed by atoms with van der Waals surface area (Å²) in [6, 6.07) is 7.94. The van der Waals surface area contributed by atoms with E-state index in [1.807, 2.05) is 47.9 Å². The van der Waals surface area contributed by atoms with Crippen molar-refractivity contribution < 1.29 is 14.3 Å². The average Bonchev–Trinajstić information content (AvgIpc) is 2.86. The zero-order chi connectivity index (χ0) is 23.6. The lowest BCUT2D eigenvalue weighted by molar-refractivity contribution is -0.136. The summed E-state index contributed by atoms with van der Waals surface area (Å²) < 4.78 is 5.45. The molecule has 3 rings (SSSR count). The largest absolute Gasteiger partial charge is 0.496 e. The molecule has 6 nitrogen and oxygen atoms in total. The van der Waals surface area contributed by atoms with Crippen LogP contribution in [0, 0.1) is 11.8 Å². The fraction of sp³-hybridized carbons (Fsp3) is 0.630. The van der Waals surface area contributed by atoms with E-state index in [0.29, 0.717) is 12.5 Å². The Kier molecular flexibility index (Phi) is 9.79. The summed E-state index contributed by atoms with van der Waals surface area (Å²) in [7, 11) is 1.68. The van der Waals surface area contributed by atoms with Gasteiger partial charge < -0.3 is 14.5 Å². The Morgan fingerprint density at radius 2 is 1.79 bits per heavy atom. The topological polar surface area (TPSA) is 53.1 Å². The molecule has 1 aliphatic heterocycles. The number of hydrogen-bond acceptors (Lipinski definition) is 4. The van der Waals surface area contributed by atoms with Crippen LogP contribution in [0.1, 0.15) is 51.5 Å². The third-order valence-electron chi connectivity index (χ3n) is 6.89. The number of piperazine rings is 1. The number of amides is 2. The molecule has 1 aliphatic carbocycles. The maximum atomic E-state index is 13.3. The van der Waals surface area contributed by atoms with Gasteiger partial charge in [0.2, 0.25) is 11.8 Å². The molecule has 6 heteroatoms. The molecule has 33 heavy (non-hydrogen) atoms. The van der Waals surface area contributed by atoms with Gasteiger partial charge in [0.1, 0.15) is 5.75 Å². The van der Waals surface area contributed by atoms with Gasteiger partial charge >= 0.3 is 0 Å². The minimum absolute atomic E-state index is 0.0511. The molecule has 1 saturated carbocycles. The summed E-state index contributed by atoms with van der Waals surface area (Å²) in [6.07, 6.45) is 9.73. The standard InChI is InChI=1S/C27H41N3O3/c1-22(2)26(31)30-20-17-28(18-21-30)16-19-29(27(32)24-11-5-4-6-12-24)15-9-13-23-10-7-8-14-25(23)33-3/h7-10,13-14,22,24H,4-6,11-12,15-21H2,1-3H3/b13-9+. The van der Waals surface area contributed by atoms with Crippen molar-refractivity contribution in [1.29, 1.82) is 0 Å². The van der Waals surface area contributed by atoms with E-state index in [1.165, 1.54) is 6.42 Å². The van der Waals surface area contributed by atoms with E-state index in [2.05, 4.69) is 17.1 Å². The van der Waals surface area contributed by atoms with Crippen LogP contribution >= 0.6 is 0 Å². The number of rotatable bonds is 9. The quantitative estimate of drug-likeness (QED) is 0.566. The first kappa shape index (κ1) is 25.3. The molecule has 1 aromatic rings. The number of ether oxygens (including phenoxy) is 1.